The van der Waals surface area contributed by atoms with Crippen LogP contribution in [0.1, 0.15) is 63.5 Å². The molecule has 0 bridgehead atoms. The molecule has 0 atom stereocenters. The monoisotopic (exact) mass is 396 g/mol. The van der Waals surface area contributed by atoms with Gasteiger partial charge in [-0.3, -0.25) is 9.59 Å². The first-order chi connectivity index (χ1) is 14.2. The van der Waals surface area contributed by atoms with Crippen molar-refractivity contribution in [1.82, 2.24) is 0 Å². The fraction of sp³-hybridized carbons (Fsp3) is 0.440. The third kappa shape index (κ3) is 5.69. The molecule has 0 saturated carbocycles. The molecule has 2 rings (SSSR count). The Balaban J connectivity index is 2.44. The van der Waals surface area contributed by atoms with Crippen LogP contribution in [0.2, 0.25) is 0 Å². The van der Waals surface area contributed by atoms with Crippen LogP contribution in [0.3, 0.4) is 0 Å². The molecule has 0 unspecified atom stereocenters. The maximum Gasteiger partial charge on any atom is 0.332 e. The highest BCUT2D eigenvalue weighted by Crippen LogP contribution is 2.35. The summed E-state index contributed by atoms with van der Waals surface area (Å²) in [6, 6.07) is 18.1. The summed E-state index contributed by atoms with van der Waals surface area (Å²) < 4.78 is 11.3. The fourth-order valence-electron chi connectivity index (χ4n) is 3.35. The molecule has 0 aliphatic rings. The van der Waals surface area contributed by atoms with Gasteiger partial charge in [0.05, 0.1) is 13.2 Å². The summed E-state index contributed by atoms with van der Waals surface area (Å²) in [5.41, 5.74) is -0.500. The standard InChI is InChI=1S/C25H32O4/c1-3-5-13-19-28-23(26)25(21-15-9-7-10-16-21,22-17-11-8-12-18-22)24(27)29-20-14-6-4-2/h7-12,15-18H,3-6,13-14,19-20H2,1-2H3. The number of carbonyl (C=O) groups excluding carboxylic acids is 2. The van der Waals surface area contributed by atoms with Gasteiger partial charge >= 0.3 is 11.9 Å². The van der Waals surface area contributed by atoms with Crippen LogP contribution in [0.4, 0.5) is 0 Å². The number of unbranched alkanes of at least 4 members (excludes halogenated alkanes) is 4. The van der Waals surface area contributed by atoms with Gasteiger partial charge in [-0.15, -0.1) is 0 Å². The highest BCUT2D eigenvalue weighted by Gasteiger charge is 2.52. The van der Waals surface area contributed by atoms with Gasteiger partial charge in [0.25, 0.3) is 0 Å². The normalized spacial score (nSPS) is 11.1. The second-order valence-electron chi connectivity index (χ2n) is 7.17. The molecule has 29 heavy (non-hydrogen) atoms. The molecule has 0 aliphatic heterocycles. The number of esters is 2. The second-order valence-corrected chi connectivity index (χ2v) is 7.17. The third-order valence-electron chi connectivity index (χ3n) is 4.99. The smallest absolute Gasteiger partial charge is 0.332 e. The summed E-state index contributed by atoms with van der Waals surface area (Å²) in [4.78, 5) is 26.9. The van der Waals surface area contributed by atoms with Crippen LogP contribution in [0, 0.1) is 0 Å². The maximum absolute atomic E-state index is 13.4. The van der Waals surface area contributed by atoms with Crippen molar-refractivity contribution in [2.75, 3.05) is 13.2 Å². The molecule has 0 aromatic heterocycles. The largest absolute Gasteiger partial charge is 0.464 e. The Hall–Kier alpha value is -2.62. The molecular weight excluding hydrogens is 364 g/mol. The Labute approximate surface area is 174 Å². The van der Waals surface area contributed by atoms with E-state index in [1.165, 1.54) is 0 Å². The third-order valence-corrected chi connectivity index (χ3v) is 4.99. The topological polar surface area (TPSA) is 52.6 Å². The van der Waals surface area contributed by atoms with Crippen LogP contribution in [0.25, 0.3) is 0 Å². The van der Waals surface area contributed by atoms with Crippen molar-refractivity contribution in [3.63, 3.8) is 0 Å². The molecule has 2 aromatic rings. The lowest BCUT2D eigenvalue weighted by molar-refractivity contribution is -0.163. The van der Waals surface area contributed by atoms with Crippen molar-refractivity contribution in [1.29, 1.82) is 0 Å². The molecule has 0 spiro atoms. The van der Waals surface area contributed by atoms with Crippen molar-refractivity contribution >= 4 is 11.9 Å². The van der Waals surface area contributed by atoms with E-state index in [0.717, 1.165) is 38.5 Å². The Morgan fingerprint density at radius 2 is 1.03 bits per heavy atom. The molecule has 156 valence electrons. The van der Waals surface area contributed by atoms with Crippen molar-refractivity contribution in [2.24, 2.45) is 0 Å². The van der Waals surface area contributed by atoms with Gasteiger partial charge in [-0.1, -0.05) is 100 Å². The minimum absolute atomic E-state index is 0.289. The summed E-state index contributed by atoms with van der Waals surface area (Å²) in [7, 11) is 0. The molecule has 0 heterocycles. The zero-order chi connectivity index (χ0) is 21.0. The summed E-state index contributed by atoms with van der Waals surface area (Å²) in [6.45, 7) is 4.76. The Kier molecular flexibility index (Phi) is 9.42. The summed E-state index contributed by atoms with van der Waals surface area (Å²) >= 11 is 0. The predicted molar refractivity (Wildman–Crippen MR) is 115 cm³/mol. The fourth-order valence-corrected chi connectivity index (χ4v) is 3.35. The van der Waals surface area contributed by atoms with E-state index in [1.54, 1.807) is 24.3 Å². The minimum Gasteiger partial charge on any atom is -0.464 e. The quantitative estimate of drug-likeness (QED) is 0.272. The molecule has 0 saturated heterocycles. The number of rotatable bonds is 12. The number of carbonyl (C=O) groups is 2. The number of hydrogen-bond acceptors (Lipinski definition) is 4. The van der Waals surface area contributed by atoms with Gasteiger partial charge in [0.1, 0.15) is 0 Å². The first-order valence-electron chi connectivity index (χ1n) is 10.6. The number of ether oxygens (including phenoxy) is 2. The van der Waals surface area contributed by atoms with E-state index < -0.39 is 17.4 Å². The van der Waals surface area contributed by atoms with Crippen LogP contribution in [0.15, 0.2) is 60.7 Å². The molecule has 4 heteroatoms. The summed E-state index contributed by atoms with van der Waals surface area (Å²) in [5, 5.41) is 0. The van der Waals surface area contributed by atoms with E-state index in [0.29, 0.717) is 11.1 Å². The molecule has 4 nitrogen and oxygen atoms in total. The van der Waals surface area contributed by atoms with Crippen molar-refractivity contribution in [3.8, 4) is 0 Å². The molecule has 0 radical (unpaired) electrons. The molecule has 0 N–H and O–H groups in total. The molecule has 0 amide bonds. The van der Waals surface area contributed by atoms with E-state index >= 15 is 0 Å². The summed E-state index contributed by atoms with van der Waals surface area (Å²) in [5.74, 6) is -1.15. The highest BCUT2D eigenvalue weighted by atomic mass is 16.6. The first kappa shape index (κ1) is 22.7. The highest BCUT2D eigenvalue weighted by molar-refractivity contribution is 6.10. The van der Waals surface area contributed by atoms with Crippen molar-refractivity contribution < 1.29 is 19.1 Å². The number of hydrogen-bond donors (Lipinski definition) is 0. The van der Waals surface area contributed by atoms with Crippen molar-refractivity contribution in [2.45, 2.75) is 57.8 Å². The average Bonchev–Trinajstić information content (AvgIpc) is 2.76. The zero-order valence-corrected chi connectivity index (χ0v) is 17.6. The molecule has 0 fully saturated rings. The van der Waals surface area contributed by atoms with Gasteiger partial charge in [0, 0.05) is 0 Å². The number of benzene rings is 2. The maximum atomic E-state index is 13.4. The molecule has 0 aliphatic carbocycles. The van der Waals surface area contributed by atoms with Gasteiger partial charge in [-0.2, -0.15) is 0 Å². The predicted octanol–water partition coefficient (Wildman–Crippen LogP) is 5.44. The zero-order valence-electron chi connectivity index (χ0n) is 17.6. The lowest BCUT2D eigenvalue weighted by atomic mass is 9.74. The SMILES string of the molecule is CCCCCOC(=O)C(C(=O)OCCCCC)(c1ccccc1)c1ccccc1. The second kappa shape index (κ2) is 12.1. The van der Waals surface area contributed by atoms with E-state index in [1.807, 2.05) is 36.4 Å². The van der Waals surface area contributed by atoms with Gasteiger partial charge in [-0.25, -0.2) is 0 Å². The Morgan fingerprint density at radius 1 is 0.655 bits per heavy atom. The van der Waals surface area contributed by atoms with Crippen LogP contribution >= 0.6 is 0 Å². The van der Waals surface area contributed by atoms with E-state index in [-0.39, 0.29) is 13.2 Å². The molecule has 2 aromatic carbocycles. The van der Waals surface area contributed by atoms with E-state index in [4.69, 9.17) is 9.47 Å². The van der Waals surface area contributed by atoms with Crippen molar-refractivity contribution in [3.05, 3.63) is 71.8 Å². The van der Waals surface area contributed by atoms with E-state index in [2.05, 4.69) is 13.8 Å². The average molecular weight is 397 g/mol. The van der Waals surface area contributed by atoms with E-state index in [9.17, 15) is 9.59 Å². The lowest BCUT2D eigenvalue weighted by Gasteiger charge is -2.30. The Bertz CT molecular complexity index is 674. The van der Waals surface area contributed by atoms with Crippen LogP contribution in [-0.4, -0.2) is 25.2 Å². The summed E-state index contributed by atoms with van der Waals surface area (Å²) in [6.07, 6.45) is 5.54. The van der Waals surface area contributed by atoms with Crippen LogP contribution in [-0.2, 0) is 24.5 Å². The van der Waals surface area contributed by atoms with Crippen LogP contribution < -0.4 is 0 Å². The van der Waals surface area contributed by atoms with Crippen LogP contribution in [0.5, 0.6) is 0 Å². The van der Waals surface area contributed by atoms with Gasteiger partial charge in [0.15, 0.2) is 0 Å². The Morgan fingerprint density at radius 3 is 1.38 bits per heavy atom. The van der Waals surface area contributed by atoms with Gasteiger partial charge in [0.2, 0.25) is 5.41 Å². The first-order valence-corrected chi connectivity index (χ1v) is 10.6. The van der Waals surface area contributed by atoms with Gasteiger partial charge in [-0.05, 0) is 24.0 Å². The van der Waals surface area contributed by atoms with Gasteiger partial charge < -0.3 is 9.47 Å². The molecular formula is C25H32O4. The minimum atomic E-state index is -1.62. The lowest BCUT2D eigenvalue weighted by Crippen LogP contribution is -2.47.